The lowest BCUT2D eigenvalue weighted by Gasteiger charge is -2.25. The molecule has 0 aliphatic heterocycles. The number of Topliss-reactive ketones (excluding diaryl/α,β-unsaturated/α-hetero) is 1. The van der Waals surface area contributed by atoms with E-state index in [1.54, 1.807) is 0 Å². The van der Waals surface area contributed by atoms with Gasteiger partial charge in [0.1, 0.15) is 0 Å². The molecule has 0 unspecified atom stereocenters. The van der Waals surface area contributed by atoms with Crippen molar-refractivity contribution in [3.63, 3.8) is 0 Å². The molecule has 0 heterocycles. The van der Waals surface area contributed by atoms with Gasteiger partial charge in [0.2, 0.25) is 5.91 Å². The van der Waals surface area contributed by atoms with Gasteiger partial charge in [0.15, 0.2) is 13.8 Å². The molecule has 5 heteroatoms. The van der Waals surface area contributed by atoms with Crippen LogP contribution in [0.1, 0.15) is 47.0 Å². The van der Waals surface area contributed by atoms with E-state index in [1.807, 2.05) is 20.8 Å². The Hall–Kier alpha value is -0.835. The van der Waals surface area contributed by atoms with Crippen LogP contribution >= 0.6 is 0 Å². The van der Waals surface area contributed by atoms with Crippen molar-refractivity contribution in [1.29, 1.82) is 0 Å². The minimum Gasteiger partial charge on any atom is -0.366 e. The number of carbonyl (C=O) groups excluding carboxylic acids is 2. The first-order valence-corrected chi connectivity index (χ1v) is 6.04. The molecule has 1 atom stereocenters. The lowest BCUT2D eigenvalue weighted by Crippen LogP contribution is -2.44. The van der Waals surface area contributed by atoms with Crippen LogP contribution < -0.4 is 10.5 Å². The summed E-state index contributed by atoms with van der Waals surface area (Å²) in [5, 5.41) is 5.29. The van der Waals surface area contributed by atoms with Crippen LogP contribution in [0.15, 0.2) is 0 Å². The smallest absolute Gasteiger partial charge is 0.217 e. The Balaban J connectivity index is 4.33. The number of hydrogen-bond acceptors (Lipinski definition) is 3. The fourth-order valence-electron chi connectivity index (χ4n) is 1.61. The average Bonchev–Trinajstić information content (AvgIpc) is 2.19. The van der Waals surface area contributed by atoms with Crippen LogP contribution in [0.25, 0.3) is 0 Å². The van der Waals surface area contributed by atoms with Crippen molar-refractivity contribution in [2.75, 3.05) is 6.54 Å². The number of unbranched alkanes of at least 4 members (excludes halogenated alkanes) is 1. The zero-order valence-corrected chi connectivity index (χ0v) is 11.3. The number of carbonyl (C=O) groups is 2. The van der Waals surface area contributed by atoms with E-state index in [9.17, 15) is 9.59 Å². The van der Waals surface area contributed by atoms with Crippen molar-refractivity contribution in [3.05, 3.63) is 0 Å². The average molecular weight is 238 g/mol. The molecule has 4 nitrogen and oxygen atoms in total. The number of hydrogen-bond donors (Lipinski definition) is 2. The monoisotopic (exact) mass is 238 g/mol. The van der Waals surface area contributed by atoms with Gasteiger partial charge in [-0.05, 0) is 25.8 Å². The van der Waals surface area contributed by atoms with Gasteiger partial charge >= 0.3 is 0 Å². The number of ketones is 1. The van der Waals surface area contributed by atoms with Gasteiger partial charge in [-0.1, -0.05) is 20.8 Å². The molecule has 0 aliphatic carbocycles. The second kappa shape index (κ2) is 7.48. The third-order valence-electron chi connectivity index (χ3n) is 2.50. The number of amides is 1. The normalized spacial score (nSPS) is 13.2. The van der Waals surface area contributed by atoms with Gasteiger partial charge < -0.3 is 10.5 Å². The molecule has 0 spiro atoms. The van der Waals surface area contributed by atoms with Crippen molar-refractivity contribution in [3.8, 4) is 0 Å². The van der Waals surface area contributed by atoms with Crippen molar-refractivity contribution in [2.45, 2.75) is 53.0 Å². The Morgan fingerprint density at radius 2 is 1.82 bits per heavy atom. The van der Waals surface area contributed by atoms with E-state index in [2.05, 4.69) is 10.5 Å². The summed E-state index contributed by atoms with van der Waals surface area (Å²) in [6.07, 6.45) is 2.42. The van der Waals surface area contributed by atoms with Crippen LogP contribution in [0.5, 0.6) is 0 Å². The molecule has 0 rings (SSSR count). The van der Waals surface area contributed by atoms with Crippen LogP contribution in [-0.4, -0.2) is 32.3 Å². The molecule has 0 aliphatic rings. The molecule has 0 saturated carbocycles. The Bertz CT molecular complexity index is 262. The Morgan fingerprint density at radius 1 is 1.24 bits per heavy atom. The highest BCUT2D eigenvalue weighted by Gasteiger charge is 2.29. The Morgan fingerprint density at radius 3 is 2.24 bits per heavy atom. The quantitative estimate of drug-likeness (QED) is 0.512. The fraction of sp³-hybridized carbons (Fsp3) is 0.833. The van der Waals surface area contributed by atoms with Gasteiger partial charge in [0.05, 0.1) is 6.04 Å². The van der Waals surface area contributed by atoms with Crippen LogP contribution in [0.2, 0.25) is 0 Å². The summed E-state index contributed by atoms with van der Waals surface area (Å²) in [5.41, 5.74) is -0.431. The first-order chi connectivity index (χ1) is 7.79. The molecule has 0 aromatic rings. The van der Waals surface area contributed by atoms with Crippen molar-refractivity contribution < 1.29 is 9.59 Å². The standard InChI is InChI=1S/C12H23BN2O2/c1-9(16)15-10(7-5-6-8-14-13)11(17)12(2,3)4/h10,14H,5-8H2,1-4H3,(H,15,16)/t10-/m0/s1. The molecule has 0 aromatic heterocycles. The van der Waals surface area contributed by atoms with Crippen molar-refractivity contribution in [1.82, 2.24) is 10.5 Å². The molecule has 96 valence electrons. The highest BCUT2D eigenvalue weighted by molar-refractivity contribution is 6.04. The summed E-state index contributed by atoms with van der Waals surface area (Å²) < 4.78 is 0. The van der Waals surface area contributed by atoms with Gasteiger partial charge in [-0.2, -0.15) is 0 Å². The fourth-order valence-corrected chi connectivity index (χ4v) is 1.61. The van der Waals surface area contributed by atoms with Gasteiger partial charge in [-0.3, -0.25) is 9.59 Å². The number of nitrogens with one attached hydrogen (secondary N) is 2. The van der Waals surface area contributed by atoms with Crippen LogP contribution in [-0.2, 0) is 9.59 Å². The van der Waals surface area contributed by atoms with E-state index in [0.29, 0.717) is 6.42 Å². The summed E-state index contributed by atoms with van der Waals surface area (Å²) in [4.78, 5) is 23.2. The van der Waals surface area contributed by atoms with Crippen molar-refractivity contribution >= 4 is 19.7 Å². The predicted molar refractivity (Wildman–Crippen MR) is 69.7 cm³/mol. The van der Waals surface area contributed by atoms with Gasteiger partial charge in [-0.15, -0.1) is 0 Å². The van der Waals surface area contributed by atoms with Crippen LogP contribution in [0.4, 0.5) is 0 Å². The molecular formula is C12H23BN2O2. The second-order valence-corrected chi connectivity index (χ2v) is 5.32. The van der Waals surface area contributed by atoms with Crippen LogP contribution in [0, 0.1) is 5.41 Å². The highest BCUT2D eigenvalue weighted by Crippen LogP contribution is 2.19. The van der Waals surface area contributed by atoms with Crippen LogP contribution in [0.3, 0.4) is 0 Å². The maximum absolute atomic E-state index is 12.1. The zero-order valence-electron chi connectivity index (χ0n) is 11.3. The predicted octanol–water partition coefficient (Wildman–Crippen LogP) is 0.950. The molecule has 0 saturated heterocycles. The summed E-state index contributed by atoms with van der Waals surface area (Å²) in [6, 6.07) is -0.384. The SMILES string of the molecule is [B]NCCCC[C@H](NC(C)=O)C(=O)C(C)(C)C. The molecule has 0 fully saturated rings. The third-order valence-corrected chi connectivity index (χ3v) is 2.50. The molecule has 17 heavy (non-hydrogen) atoms. The molecule has 1 amide bonds. The minimum atomic E-state index is -0.431. The van der Waals surface area contributed by atoms with Gasteiger partial charge in [-0.25, -0.2) is 0 Å². The van der Waals surface area contributed by atoms with E-state index in [-0.39, 0.29) is 17.7 Å². The van der Waals surface area contributed by atoms with Crippen molar-refractivity contribution in [2.24, 2.45) is 5.41 Å². The molecule has 2 radical (unpaired) electrons. The maximum Gasteiger partial charge on any atom is 0.217 e. The lowest BCUT2D eigenvalue weighted by atomic mass is 9.84. The van der Waals surface area contributed by atoms with E-state index in [1.165, 1.54) is 6.92 Å². The van der Waals surface area contributed by atoms with Gasteiger partial charge in [0, 0.05) is 12.3 Å². The van der Waals surface area contributed by atoms with E-state index >= 15 is 0 Å². The first-order valence-electron chi connectivity index (χ1n) is 6.04. The summed E-state index contributed by atoms with van der Waals surface area (Å²) in [7, 11) is 5.17. The Labute approximate surface area is 105 Å². The molecular weight excluding hydrogens is 215 g/mol. The minimum absolute atomic E-state index is 0.0772. The molecule has 0 aromatic carbocycles. The summed E-state index contributed by atoms with van der Waals surface area (Å²) in [5.74, 6) is -0.0852. The lowest BCUT2D eigenvalue weighted by molar-refractivity contribution is -0.132. The zero-order chi connectivity index (χ0) is 13.5. The van der Waals surface area contributed by atoms with E-state index in [4.69, 9.17) is 7.98 Å². The Kier molecular flexibility index (Phi) is 7.12. The third kappa shape index (κ3) is 7.16. The summed E-state index contributed by atoms with van der Waals surface area (Å²) >= 11 is 0. The highest BCUT2D eigenvalue weighted by atomic mass is 16.2. The molecule has 2 N–H and O–H groups in total. The first kappa shape index (κ1) is 16.2. The van der Waals surface area contributed by atoms with E-state index < -0.39 is 5.41 Å². The van der Waals surface area contributed by atoms with Gasteiger partial charge in [0.25, 0.3) is 0 Å². The topological polar surface area (TPSA) is 58.2 Å². The molecule has 0 bridgehead atoms. The second-order valence-electron chi connectivity index (χ2n) is 5.32. The largest absolute Gasteiger partial charge is 0.366 e. The summed E-state index contributed by atoms with van der Waals surface area (Å²) in [6.45, 7) is 7.75. The van der Waals surface area contributed by atoms with E-state index in [0.717, 1.165) is 19.4 Å². The maximum atomic E-state index is 12.1. The number of rotatable bonds is 7.